The van der Waals surface area contributed by atoms with E-state index in [1.165, 1.54) is 32.1 Å². The van der Waals surface area contributed by atoms with Crippen LogP contribution in [0.5, 0.6) is 5.75 Å². The van der Waals surface area contributed by atoms with Gasteiger partial charge >= 0.3 is 0 Å². The van der Waals surface area contributed by atoms with Crippen molar-refractivity contribution in [3.63, 3.8) is 0 Å². The lowest BCUT2D eigenvalue weighted by Gasteiger charge is -2.36. The highest BCUT2D eigenvalue weighted by Gasteiger charge is 2.37. The third-order valence-corrected chi connectivity index (χ3v) is 7.84. The minimum absolute atomic E-state index is 0.268. The molecule has 180 valence electrons. The van der Waals surface area contributed by atoms with Crippen molar-refractivity contribution in [2.24, 2.45) is 5.41 Å². The Morgan fingerprint density at radius 3 is 2.48 bits per heavy atom. The molecule has 0 amide bonds. The molecule has 2 aromatic carbocycles. The van der Waals surface area contributed by atoms with Crippen molar-refractivity contribution >= 4 is 11.6 Å². The van der Waals surface area contributed by atoms with E-state index in [0.29, 0.717) is 16.9 Å². The Balaban J connectivity index is 1.41. The van der Waals surface area contributed by atoms with Gasteiger partial charge in [0, 0.05) is 16.9 Å². The van der Waals surface area contributed by atoms with Crippen LogP contribution >= 0.6 is 11.6 Å². The number of benzene rings is 2. The van der Waals surface area contributed by atoms with E-state index in [4.69, 9.17) is 21.1 Å². The first kappa shape index (κ1) is 24.5. The van der Waals surface area contributed by atoms with Crippen LogP contribution in [0.25, 0.3) is 0 Å². The molecule has 0 radical (unpaired) electrons. The summed E-state index contributed by atoms with van der Waals surface area (Å²) in [5.74, 6) is 0.900. The average molecular weight is 475 g/mol. The number of aliphatic hydroxyl groups excluding tert-OH is 3. The summed E-state index contributed by atoms with van der Waals surface area (Å²) in [4.78, 5) is 0. The van der Waals surface area contributed by atoms with Gasteiger partial charge in [0.2, 0.25) is 0 Å². The van der Waals surface area contributed by atoms with Crippen LogP contribution in [0.15, 0.2) is 42.5 Å². The van der Waals surface area contributed by atoms with Crippen LogP contribution in [0.4, 0.5) is 0 Å². The number of hydrogen-bond donors (Lipinski definition) is 3. The summed E-state index contributed by atoms with van der Waals surface area (Å²) in [5.41, 5.74) is 3.30. The summed E-state index contributed by atoms with van der Waals surface area (Å²) in [6.45, 7) is 2.71. The fraction of sp³-hybridized carbons (Fsp3) is 0.556. The lowest BCUT2D eigenvalue weighted by atomic mass is 9.84. The molecule has 3 N–H and O–H groups in total. The smallest absolute Gasteiger partial charge is 0.119 e. The fourth-order valence-corrected chi connectivity index (χ4v) is 5.32. The SMILES string of the molecule is CCC1(COc2ccc(Cc3cc([C@@H]4CC(O)[C@H](O)C(CO)O4)ccc3Cl)cc2)CCCC1. The number of rotatable bonds is 8. The van der Waals surface area contributed by atoms with Crippen molar-refractivity contribution in [3.05, 3.63) is 64.2 Å². The van der Waals surface area contributed by atoms with Gasteiger partial charge in [-0.25, -0.2) is 0 Å². The molecular formula is C27H35ClO5. The van der Waals surface area contributed by atoms with Gasteiger partial charge in [-0.2, -0.15) is 0 Å². The van der Waals surface area contributed by atoms with E-state index in [1.54, 1.807) is 0 Å². The fourth-order valence-electron chi connectivity index (χ4n) is 5.13. The zero-order valence-electron chi connectivity index (χ0n) is 19.3. The lowest BCUT2D eigenvalue weighted by Crippen LogP contribution is -2.47. The number of ether oxygens (including phenoxy) is 2. The van der Waals surface area contributed by atoms with Crippen LogP contribution in [0.1, 0.15) is 68.2 Å². The van der Waals surface area contributed by atoms with Crippen LogP contribution in [0, 0.1) is 5.41 Å². The van der Waals surface area contributed by atoms with Gasteiger partial charge in [0.05, 0.1) is 25.4 Å². The molecule has 1 aliphatic heterocycles. The largest absolute Gasteiger partial charge is 0.493 e. The third kappa shape index (κ3) is 5.72. The predicted octanol–water partition coefficient (Wildman–Crippen LogP) is 4.82. The molecule has 33 heavy (non-hydrogen) atoms. The molecule has 2 unspecified atom stereocenters. The molecule has 1 saturated heterocycles. The van der Waals surface area contributed by atoms with Gasteiger partial charge in [-0.3, -0.25) is 0 Å². The zero-order chi connectivity index (χ0) is 23.4. The predicted molar refractivity (Wildman–Crippen MR) is 129 cm³/mol. The molecule has 2 fully saturated rings. The molecule has 2 aliphatic rings. The highest BCUT2D eigenvalue weighted by molar-refractivity contribution is 6.31. The first-order valence-corrected chi connectivity index (χ1v) is 12.4. The summed E-state index contributed by atoms with van der Waals surface area (Å²) >= 11 is 6.48. The molecule has 4 rings (SSSR count). The highest BCUT2D eigenvalue weighted by Crippen LogP contribution is 2.41. The minimum Gasteiger partial charge on any atom is -0.493 e. The van der Waals surface area contributed by atoms with Gasteiger partial charge in [-0.05, 0) is 60.6 Å². The normalized spacial score (nSPS) is 26.9. The van der Waals surface area contributed by atoms with Gasteiger partial charge in [0.15, 0.2) is 0 Å². The maximum Gasteiger partial charge on any atom is 0.119 e. The van der Waals surface area contributed by atoms with E-state index in [9.17, 15) is 15.3 Å². The Labute approximate surface area is 201 Å². The summed E-state index contributed by atoms with van der Waals surface area (Å²) in [6, 6.07) is 13.9. The maximum absolute atomic E-state index is 10.2. The second-order valence-corrected chi connectivity index (χ2v) is 10.1. The minimum atomic E-state index is -1.08. The zero-order valence-corrected chi connectivity index (χ0v) is 20.0. The Morgan fingerprint density at radius 2 is 1.82 bits per heavy atom. The molecule has 4 atom stereocenters. The summed E-state index contributed by atoms with van der Waals surface area (Å²) in [6.07, 6.45) is 3.99. The van der Waals surface area contributed by atoms with Crippen molar-refractivity contribution in [1.82, 2.24) is 0 Å². The Hall–Kier alpha value is -1.63. The molecular weight excluding hydrogens is 440 g/mol. The average Bonchev–Trinajstić information content (AvgIpc) is 3.31. The molecule has 0 aromatic heterocycles. The Kier molecular flexibility index (Phi) is 7.98. The van der Waals surface area contributed by atoms with Crippen molar-refractivity contribution in [1.29, 1.82) is 0 Å². The second kappa shape index (κ2) is 10.7. The Bertz CT molecular complexity index is 909. The summed E-state index contributed by atoms with van der Waals surface area (Å²) in [7, 11) is 0. The van der Waals surface area contributed by atoms with Crippen LogP contribution in [0.3, 0.4) is 0 Å². The van der Waals surface area contributed by atoms with E-state index in [2.05, 4.69) is 19.1 Å². The first-order valence-electron chi connectivity index (χ1n) is 12.1. The number of aliphatic hydroxyl groups is 3. The lowest BCUT2D eigenvalue weighted by molar-refractivity contribution is -0.181. The molecule has 0 bridgehead atoms. The monoisotopic (exact) mass is 474 g/mol. The molecule has 2 aromatic rings. The topological polar surface area (TPSA) is 79.2 Å². The van der Waals surface area contributed by atoms with Crippen LogP contribution < -0.4 is 4.74 Å². The van der Waals surface area contributed by atoms with Gasteiger partial charge in [0.25, 0.3) is 0 Å². The highest BCUT2D eigenvalue weighted by atomic mass is 35.5. The maximum atomic E-state index is 10.2. The molecule has 1 saturated carbocycles. The quantitative estimate of drug-likeness (QED) is 0.511. The van der Waals surface area contributed by atoms with Gasteiger partial charge < -0.3 is 24.8 Å². The van der Waals surface area contributed by atoms with Crippen LogP contribution in [-0.4, -0.2) is 46.8 Å². The molecule has 1 heterocycles. The van der Waals surface area contributed by atoms with Crippen LogP contribution in [-0.2, 0) is 11.2 Å². The summed E-state index contributed by atoms with van der Waals surface area (Å²) in [5, 5.41) is 30.3. The van der Waals surface area contributed by atoms with E-state index in [-0.39, 0.29) is 13.0 Å². The summed E-state index contributed by atoms with van der Waals surface area (Å²) < 4.78 is 12.0. The van der Waals surface area contributed by atoms with Gasteiger partial charge in [0.1, 0.15) is 18.0 Å². The number of halogens is 1. The van der Waals surface area contributed by atoms with Crippen molar-refractivity contribution in [3.8, 4) is 5.75 Å². The molecule has 6 heteroatoms. The van der Waals surface area contributed by atoms with E-state index >= 15 is 0 Å². The van der Waals surface area contributed by atoms with Crippen molar-refractivity contribution in [2.75, 3.05) is 13.2 Å². The molecule has 0 spiro atoms. The van der Waals surface area contributed by atoms with Gasteiger partial charge in [-0.1, -0.05) is 55.6 Å². The molecule has 5 nitrogen and oxygen atoms in total. The standard InChI is InChI=1S/C27H35ClO5/c1-2-27(11-3-4-12-27)17-32-21-8-5-18(6-9-21)13-20-14-19(7-10-22(20)28)24-15-23(30)26(31)25(16-29)33-24/h5-10,14,23-26,29-31H,2-4,11-13,15-17H2,1H3/t23?,24-,25?,26-/m0/s1. The van der Waals surface area contributed by atoms with Crippen LogP contribution in [0.2, 0.25) is 5.02 Å². The third-order valence-electron chi connectivity index (χ3n) is 7.47. The van der Waals surface area contributed by atoms with Crippen molar-refractivity contribution in [2.45, 2.75) is 76.3 Å². The van der Waals surface area contributed by atoms with E-state index in [0.717, 1.165) is 29.0 Å². The van der Waals surface area contributed by atoms with E-state index < -0.39 is 24.4 Å². The van der Waals surface area contributed by atoms with E-state index in [1.807, 2.05) is 30.3 Å². The van der Waals surface area contributed by atoms with Gasteiger partial charge in [-0.15, -0.1) is 0 Å². The Morgan fingerprint density at radius 1 is 1.09 bits per heavy atom. The number of hydrogen-bond acceptors (Lipinski definition) is 5. The molecule has 1 aliphatic carbocycles. The second-order valence-electron chi connectivity index (χ2n) is 9.66. The van der Waals surface area contributed by atoms with Crippen molar-refractivity contribution < 1.29 is 24.8 Å². The first-order chi connectivity index (χ1) is 15.9.